The van der Waals surface area contributed by atoms with Gasteiger partial charge in [-0.2, -0.15) is 11.8 Å². The van der Waals surface area contributed by atoms with Crippen molar-refractivity contribution in [2.75, 3.05) is 12.8 Å². The lowest BCUT2D eigenvalue weighted by molar-refractivity contribution is 0.477. The van der Waals surface area contributed by atoms with Gasteiger partial charge < -0.3 is 9.73 Å². The van der Waals surface area contributed by atoms with Crippen LogP contribution in [0.1, 0.15) is 19.1 Å². The van der Waals surface area contributed by atoms with Crippen LogP contribution in [-0.4, -0.2) is 23.0 Å². The predicted molar refractivity (Wildman–Crippen MR) is 55.8 cm³/mol. The van der Waals surface area contributed by atoms with Crippen molar-refractivity contribution >= 4 is 11.8 Å². The highest BCUT2D eigenvalue weighted by molar-refractivity contribution is 7.99. The van der Waals surface area contributed by atoms with Crippen LogP contribution in [0.15, 0.2) is 17.0 Å². The van der Waals surface area contributed by atoms with Crippen LogP contribution >= 0.6 is 11.8 Å². The number of aromatic nitrogens is 1. The van der Waals surface area contributed by atoms with Crippen molar-refractivity contribution < 1.29 is 4.42 Å². The van der Waals surface area contributed by atoms with E-state index in [0.29, 0.717) is 0 Å². The van der Waals surface area contributed by atoms with Crippen LogP contribution in [-0.2, 0) is 6.54 Å². The second-order valence-corrected chi connectivity index (χ2v) is 4.26. The summed E-state index contributed by atoms with van der Waals surface area (Å²) >= 11 is 1.90. The molecule has 0 amide bonds. The molecule has 0 aromatic carbocycles. The fraction of sp³-hybridized carbons (Fsp3) is 0.667. The lowest BCUT2D eigenvalue weighted by Crippen LogP contribution is -2.17. The Morgan fingerprint density at radius 2 is 2.54 bits per heavy atom. The maximum atomic E-state index is 5.09. The van der Waals surface area contributed by atoms with Crippen molar-refractivity contribution in [1.29, 1.82) is 0 Å². The minimum atomic E-state index is 0.724. The van der Waals surface area contributed by atoms with Gasteiger partial charge in [0.15, 0.2) is 6.39 Å². The number of nitrogens with zero attached hydrogens (tertiary/aromatic N) is 1. The first-order valence-electron chi connectivity index (χ1n) is 4.44. The van der Waals surface area contributed by atoms with Gasteiger partial charge >= 0.3 is 0 Å². The molecule has 1 atom stereocenters. The minimum absolute atomic E-state index is 0.724. The Bertz CT molecular complexity index is 213. The Balaban J connectivity index is 2.02. The molecule has 13 heavy (non-hydrogen) atoms. The Kier molecular flexibility index (Phi) is 4.93. The van der Waals surface area contributed by atoms with E-state index in [9.17, 15) is 0 Å². The van der Waals surface area contributed by atoms with E-state index in [1.807, 2.05) is 11.8 Å². The zero-order chi connectivity index (χ0) is 9.52. The Morgan fingerprint density at radius 1 is 1.69 bits per heavy atom. The summed E-state index contributed by atoms with van der Waals surface area (Å²) in [4.78, 5) is 3.84. The van der Waals surface area contributed by atoms with Crippen molar-refractivity contribution in [3.63, 3.8) is 0 Å². The van der Waals surface area contributed by atoms with Crippen molar-refractivity contribution in [3.05, 3.63) is 18.4 Å². The van der Waals surface area contributed by atoms with Crippen LogP contribution in [0, 0.1) is 0 Å². The molecule has 0 fully saturated rings. The molecule has 0 saturated heterocycles. The highest BCUT2D eigenvalue weighted by atomic mass is 32.2. The smallest absolute Gasteiger partial charge is 0.180 e. The summed E-state index contributed by atoms with van der Waals surface area (Å²) in [5, 5.41) is 4.03. The Labute approximate surface area is 83.3 Å². The first kappa shape index (κ1) is 10.6. The number of thioether (sulfide) groups is 1. The third-order valence-corrected chi connectivity index (χ3v) is 2.95. The molecule has 4 heteroatoms. The highest BCUT2D eigenvalue weighted by Crippen LogP contribution is 2.08. The summed E-state index contributed by atoms with van der Waals surface area (Å²) in [6.07, 6.45) is 6.53. The molecule has 1 aromatic rings. The van der Waals surface area contributed by atoms with E-state index in [0.717, 1.165) is 24.1 Å². The van der Waals surface area contributed by atoms with Gasteiger partial charge in [-0.05, 0) is 19.2 Å². The SMILES string of the molecule is CSC(C)CCNCc1cnco1. The summed E-state index contributed by atoms with van der Waals surface area (Å²) in [5.74, 6) is 0.900. The van der Waals surface area contributed by atoms with Crippen molar-refractivity contribution in [2.45, 2.75) is 25.1 Å². The van der Waals surface area contributed by atoms with Crippen LogP contribution in [0.2, 0.25) is 0 Å². The van der Waals surface area contributed by atoms with E-state index in [4.69, 9.17) is 4.42 Å². The Morgan fingerprint density at radius 3 is 3.15 bits per heavy atom. The van der Waals surface area contributed by atoms with E-state index in [1.54, 1.807) is 6.20 Å². The van der Waals surface area contributed by atoms with Gasteiger partial charge in [0, 0.05) is 5.25 Å². The number of hydrogen-bond acceptors (Lipinski definition) is 4. The second kappa shape index (κ2) is 6.05. The number of rotatable bonds is 6. The fourth-order valence-corrected chi connectivity index (χ4v) is 1.32. The summed E-state index contributed by atoms with van der Waals surface area (Å²) in [5.41, 5.74) is 0. The summed E-state index contributed by atoms with van der Waals surface area (Å²) in [6.45, 7) is 4.05. The highest BCUT2D eigenvalue weighted by Gasteiger charge is 1.99. The van der Waals surface area contributed by atoms with Gasteiger partial charge in [0.25, 0.3) is 0 Å². The molecule has 1 aromatic heterocycles. The molecule has 0 aliphatic rings. The monoisotopic (exact) mass is 200 g/mol. The zero-order valence-electron chi connectivity index (χ0n) is 8.12. The van der Waals surface area contributed by atoms with E-state index in [2.05, 4.69) is 23.5 Å². The fourth-order valence-electron chi connectivity index (χ4n) is 0.964. The molecule has 0 aliphatic carbocycles. The molecule has 1 rings (SSSR count). The van der Waals surface area contributed by atoms with E-state index >= 15 is 0 Å². The van der Waals surface area contributed by atoms with E-state index in [1.165, 1.54) is 12.8 Å². The summed E-state index contributed by atoms with van der Waals surface area (Å²) in [7, 11) is 0. The zero-order valence-corrected chi connectivity index (χ0v) is 8.93. The molecule has 74 valence electrons. The van der Waals surface area contributed by atoms with Crippen molar-refractivity contribution in [1.82, 2.24) is 10.3 Å². The van der Waals surface area contributed by atoms with Gasteiger partial charge in [0.05, 0.1) is 12.7 Å². The average molecular weight is 200 g/mol. The molecule has 1 unspecified atom stereocenters. The van der Waals surface area contributed by atoms with Crippen LogP contribution in [0.4, 0.5) is 0 Å². The van der Waals surface area contributed by atoms with Gasteiger partial charge in [-0.3, -0.25) is 0 Å². The lowest BCUT2D eigenvalue weighted by atomic mass is 10.3. The summed E-state index contributed by atoms with van der Waals surface area (Å²) in [6, 6.07) is 0. The number of nitrogens with one attached hydrogen (secondary N) is 1. The standard InChI is InChI=1S/C9H16N2OS/c1-8(13-2)3-4-10-5-9-6-11-7-12-9/h6-8,10H,3-5H2,1-2H3. The molecule has 0 radical (unpaired) electrons. The lowest BCUT2D eigenvalue weighted by Gasteiger charge is -2.07. The van der Waals surface area contributed by atoms with Gasteiger partial charge in [0.2, 0.25) is 0 Å². The molecule has 0 bridgehead atoms. The largest absolute Gasteiger partial charge is 0.447 e. The number of hydrogen-bond donors (Lipinski definition) is 1. The third kappa shape index (κ3) is 4.33. The first-order valence-corrected chi connectivity index (χ1v) is 5.72. The molecular formula is C9H16N2OS. The first-order chi connectivity index (χ1) is 6.33. The molecule has 1 heterocycles. The quantitative estimate of drug-likeness (QED) is 0.712. The maximum absolute atomic E-state index is 5.09. The minimum Gasteiger partial charge on any atom is -0.447 e. The van der Waals surface area contributed by atoms with Gasteiger partial charge in [-0.1, -0.05) is 6.92 Å². The van der Waals surface area contributed by atoms with Crippen molar-refractivity contribution in [3.8, 4) is 0 Å². The maximum Gasteiger partial charge on any atom is 0.180 e. The molecule has 0 saturated carbocycles. The van der Waals surface area contributed by atoms with Crippen molar-refractivity contribution in [2.24, 2.45) is 0 Å². The molecule has 0 spiro atoms. The average Bonchev–Trinajstić information content (AvgIpc) is 2.64. The third-order valence-electron chi connectivity index (χ3n) is 1.91. The molecule has 3 nitrogen and oxygen atoms in total. The van der Waals surface area contributed by atoms with Crippen LogP contribution in [0.3, 0.4) is 0 Å². The van der Waals surface area contributed by atoms with Gasteiger partial charge in [-0.25, -0.2) is 4.98 Å². The van der Waals surface area contributed by atoms with E-state index < -0.39 is 0 Å². The molecule has 0 aliphatic heterocycles. The van der Waals surface area contributed by atoms with Crippen LogP contribution in [0.5, 0.6) is 0 Å². The van der Waals surface area contributed by atoms with Crippen LogP contribution < -0.4 is 5.32 Å². The normalized spacial score (nSPS) is 13.1. The van der Waals surface area contributed by atoms with Crippen LogP contribution in [0.25, 0.3) is 0 Å². The second-order valence-electron chi connectivity index (χ2n) is 2.98. The van der Waals surface area contributed by atoms with E-state index in [-0.39, 0.29) is 0 Å². The van der Waals surface area contributed by atoms with Gasteiger partial charge in [0.1, 0.15) is 5.76 Å². The number of oxazole rings is 1. The molecular weight excluding hydrogens is 184 g/mol. The van der Waals surface area contributed by atoms with Gasteiger partial charge in [-0.15, -0.1) is 0 Å². The molecule has 1 N–H and O–H groups in total. The topological polar surface area (TPSA) is 38.1 Å². The summed E-state index contributed by atoms with van der Waals surface area (Å²) < 4.78 is 5.09. The Hall–Kier alpha value is -0.480. The predicted octanol–water partition coefficient (Wildman–Crippen LogP) is 1.91.